The minimum atomic E-state index is -0.0170. The highest BCUT2D eigenvalue weighted by Gasteiger charge is 2.13. The second-order valence-electron chi connectivity index (χ2n) is 4.65. The highest BCUT2D eigenvalue weighted by atomic mass is 32.1. The summed E-state index contributed by atoms with van der Waals surface area (Å²) in [6.07, 6.45) is 1.80. The first-order valence-corrected chi connectivity index (χ1v) is 8.15. The molecule has 0 aliphatic rings. The number of nitrogens with one attached hydrogen (secondary N) is 1. The number of aromatic nitrogens is 3. The lowest BCUT2D eigenvalue weighted by atomic mass is 10.2. The molecule has 0 aliphatic heterocycles. The molecule has 7 heteroatoms. The van der Waals surface area contributed by atoms with Crippen molar-refractivity contribution in [2.45, 2.75) is 27.3 Å². The van der Waals surface area contributed by atoms with Crippen molar-refractivity contribution in [3.63, 3.8) is 0 Å². The Kier molecular flexibility index (Phi) is 3.35. The molecule has 0 spiro atoms. The summed E-state index contributed by atoms with van der Waals surface area (Å²) in [6.45, 7) is 6.43. The fourth-order valence-electron chi connectivity index (χ4n) is 2.14. The quantitative estimate of drug-likeness (QED) is 0.734. The van der Waals surface area contributed by atoms with Crippen LogP contribution in [-0.2, 0) is 6.54 Å². The number of aromatic amines is 1. The first-order valence-electron chi connectivity index (χ1n) is 6.11. The molecule has 104 valence electrons. The van der Waals surface area contributed by atoms with Gasteiger partial charge >= 0.3 is 0 Å². The Labute approximate surface area is 128 Å². The van der Waals surface area contributed by atoms with E-state index in [-0.39, 0.29) is 5.56 Å². The molecule has 0 amide bonds. The topological polar surface area (TPSA) is 50.7 Å². The molecular weight excluding hydrogens is 310 g/mol. The number of aryl methyl sites for hydroxylation is 3. The molecule has 0 bridgehead atoms. The van der Waals surface area contributed by atoms with Gasteiger partial charge in [-0.25, -0.2) is 4.98 Å². The number of H-pyrrole nitrogens is 1. The molecule has 0 radical (unpaired) electrons. The molecule has 0 saturated heterocycles. The zero-order valence-corrected chi connectivity index (χ0v) is 13.8. The smallest absolute Gasteiger partial charge is 0.263 e. The molecule has 0 aromatic carbocycles. The zero-order chi connectivity index (χ0) is 14.4. The van der Waals surface area contributed by atoms with E-state index in [1.165, 1.54) is 0 Å². The summed E-state index contributed by atoms with van der Waals surface area (Å²) in [6, 6.07) is 0. The predicted octanol–water partition coefficient (Wildman–Crippen LogP) is 3.55. The summed E-state index contributed by atoms with van der Waals surface area (Å²) < 4.78 is 2.08. The Bertz CT molecular complexity index is 913. The Balaban J connectivity index is 2.23. The van der Waals surface area contributed by atoms with Crippen molar-refractivity contribution in [1.29, 1.82) is 0 Å². The number of fused-ring (bicyclic) bond motifs is 1. The van der Waals surface area contributed by atoms with Crippen molar-refractivity contribution < 1.29 is 0 Å². The maximum atomic E-state index is 12.7. The van der Waals surface area contributed by atoms with Crippen molar-refractivity contribution in [3.05, 3.63) is 41.6 Å². The summed E-state index contributed by atoms with van der Waals surface area (Å²) in [5.41, 5.74) is 1.02. The Morgan fingerprint density at radius 1 is 1.35 bits per heavy atom. The highest BCUT2D eigenvalue weighted by molar-refractivity contribution is 7.71. The number of nitrogens with zero attached hydrogens (tertiary/aromatic N) is 2. The van der Waals surface area contributed by atoms with Gasteiger partial charge in [0.25, 0.3) is 5.56 Å². The fourth-order valence-corrected chi connectivity index (χ4v) is 4.29. The average Bonchev–Trinajstić information content (AvgIpc) is 2.90. The van der Waals surface area contributed by atoms with Crippen molar-refractivity contribution in [3.8, 4) is 0 Å². The van der Waals surface area contributed by atoms with Crippen LogP contribution in [0.15, 0.2) is 11.0 Å². The molecule has 0 unspecified atom stereocenters. The van der Waals surface area contributed by atoms with Crippen LogP contribution in [0.3, 0.4) is 0 Å². The number of thiazole rings is 1. The molecule has 4 nitrogen and oxygen atoms in total. The molecule has 0 atom stereocenters. The molecule has 0 fully saturated rings. The number of hydrogen-bond acceptors (Lipinski definition) is 5. The number of thiophene rings is 1. The van der Waals surface area contributed by atoms with E-state index in [1.54, 1.807) is 33.4 Å². The minimum absolute atomic E-state index is 0.0170. The first-order chi connectivity index (χ1) is 9.47. The molecule has 3 aromatic heterocycles. The Morgan fingerprint density at radius 2 is 2.10 bits per heavy atom. The highest BCUT2D eigenvalue weighted by Crippen LogP contribution is 2.26. The monoisotopic (exact) mass is 323 g/mol. The van der Waals surface area contributed by atoms with E-state index in [4.69, 9.17) is 12.2 Å². The van der Waals surface area contributed by atoms with Gasteiger partial charge in [-0.3, -0.25) is 9.36 Å². The van der Waals surface area contributed by atoms with Gasteiger partial charge in [-0.2, -0.15) is 0 Å². The van der Waals surface area contributed by atoms with E-state index >= 15 is 0 Å². The molecule has 1 N–H and O–H groups in total. The lowest BCUT2D eigenvalue weighted by molar-refractivity contribution is 0.743. The molecule has 3 rings (SSSR count). The second-order valence-corrected chi connectivity index (χ2v) is 7.59. The van der Waals surface area contributed by atoms with Crippen LogP contribution >= 0.6 is 34.9 Å². The van der Waals surface area contributed by atoms with Gasteiger partial charge in [0.1, 0.15) is 4.83 Å². The van der Waals surface area contributed by atoms with E-state index in [2.05, 4.69) is 9.97 Å². The van der Waals surface area contributed by atoms with Crippen LogP contribution in [-0.4, -0.2) is 14.5 Å². The Hall–Kier alpha value is -1.31. The molecular formula is C13H13N3OS3. The largest absolute Gasteiger partial charge is 0.323 e. The maximum Gasteiger partial charge on any atom is 0.263 e. The third-order valence-electron chi connectivity index (χ3n) is 3.29. The maximum absolute atomic E-state index is 12.7. The number of hydrogen-bond donors (Lipinski definition) is 1. The normalized spacial score (nSPS) is 11.3. The lowest BCUT2D eigenvalue weighted by Crippen LogP contribution is -2.22. The van der Waals surface area contributed by atoms with Gasteiger partial charge < -0.3 is 4.98 Å². The third-order valence-corrected chi connectivity index (χ3v) is 5.64. The van der Waals surface area contributed by atoms with Crippen LogP contribution in [0.4, 0.5) is 0 Å². The van der Waals surface area contributed by atoms with E-state index in [9.17, 15) is 4.79 Å². The van der Waals surface area contributed by atoms with E-state index < -0.39 is 0 Å². The molecule has 3 aromatic rings. The SMILES string of the molecule is Cc1ncc(Cn2c(=S)[nH]c3sc(C)c(C)c3c2=O)s1. The third kappa shape index (κ3) is 2.15. The van der Waals surface area contributed by atoms with E-state index in [0.29, 0.717) is 11.3 Å². The first kappa shape index (κ1) is 13.7. The van der Waals surface area contributed by atoms with Crippen LogP contribution in [0.2, 0.25) is 0 Å². The fraction of sp³-hybridized carbons (Fsp3) is 0.308. The minimum Gasteiger partial charge on any atom is -0.323 e. The van der Waals surface area contributed by atoms with Gasteiger partial charge in [0.2, 0.25) is 0 Å². The van der Waals surface area contributed by atoms with Crippen molar-refractivity contribution in [2.75, 3.05) is 0 Å². The Morgan fingerprint density at radius 3 is 2.75 bits per heavy atom. The van der Waals surface area contributed by atoms with Crippen LogP contribution in [0, 0.1) is 25.5 Å². The van der Waals surface area contributed by atoms with Gasteiger partial charge in [0, 0.05) is 16.0 Å². The summed E-state index contributed by atoms with van der Waals surface area (Å²) in [5, 5.41) is 1.74. The molecule has 3 heterocycles. The zero-order valence-electron chi connectivity index (χ0n) is 11.3. The molecule has 20 heavy (non-hydrogen) atoms. The van der Waals surface area contributed by atoms with Gasteiger partial charge in [0.05, 0.1) is 16.9 Å². The summed E-state index contributed by atoms with van der Waals surface area (Å²) in [4.78, 5) is 23.1. The van der Waals surface area contributed by atoms with Crippen LogP contribution < -0.4 is 5.56 Å². The van der Waals surface area contributed by atoms with Crippen molar-refractivity contribution in [1.82, 2.24) is 14.5 Å². The summed E-state index contributed by atoms with van der Waals surface area (Å²) in [7, 11) is 0. The second kappa shape index (κ2) is 4.91. The summed E-state index contributed by atoms with van der Waals surface area (Å²) in [5.74, 6) is 0. The average molecular weight is 323 g/mol. The predicted molar refractivity (Wildman–Crippen MR) is 86.7 cm³/mol. The van der Waals surface area contributed by atoms with E-state index in [0.717, 1.165) is 30.5 Å². The van der Waals surface area contributed by atoms with Gasteiger partial charge in [-0.05, 0) is 38.6 Å². The van der Waals surface area contributed by atoms with Gasteiger partial charge in [0.15, 0.2) is 4.77 Å². The molecule has 0 aliphatic carbocycles. The summed E-state index contributed by atoms with van der Waals surface area (Å²) >= 11 is 8.49. The van der Waals surface area contributed by atoms with E-state index in [1.807, 2.05) is 20.8 Å². The van der Waals surface area contributed by atoms with Crippen molar-refractivity contribution in [2.24, 2.45) is 0 Å². The van der Waals surface area contributed by atoms with Gasteiger partial charge in [-0.1, -0.05) is 0 Å². The standard InChI is InChI=1S/C13H13N3OS3/c1-6-7(2)19-11-10(6)12(17)16(13(18)15-11)5-9-4-14-8(3)20-9/h4H,5H2,1-3H3,(H,15,18). The van der Waals surface area contributed by atoms with Crippen LogP contribution in [0.25, 0.3) is 10.2 Å². The number of rotatable bonds is 2. The lowest BCUT2D eigenvalue weighted by Gasteiger charge is -2.04. The van der Waals surface area contributed by atoms with Gasteiger partial charge in [-0.15, -0.1) is 22.7 Å². The van der Waals surface area contributed by atoms with Crippen molar-refractivity contribution >= 4 is 45.1 Å². The molecule has 0 saturated carbocycles. The van der Waals surface area contributed by atoms with Crippen LogP contribution in [0.1, 0.15) is 20.3 Å². The van der Waals surface area contributed by atoms with Crippen LogP contribution in [0.5, 0.6) is 0 Å².